The van der Waals surface area contributed by atoms with Crippen LogP contribution in [-0.4, -0.2) is 10.2 Å². The van der Waals surface area contributed by atoms with Gasteiger partial charge < -0.3 is 10.2 Å². The fourth-order valence-electron chi connectivity index (χ4n) is 2.15. The Hall–Kier alpha value is -2.03. The molecule has 0 spiro atoms. The van der Waals surface area contributed by atoms with E-state index in [1.807, 2.05) is 26.0 Å². The van der Waals surface area contributed by atoms with Gasteiger partial charge in [0, 0.05) is 0 Å². The third-order valence-electron chi connectivity index (χ3n) is 3.31. The van der Waals surface area contributed by atoms with Crippen molar-refractivity contribution in [2.75, 3.05) is 0 Å². The standard InChI is InChI=1S/C16H17FO2/c1-16(2,10-11-3-6-13(18)7-4-11)12-5-8-15(19)14(17)9-12/h3-9,18-19H,10H2,1-2H3. The lowest BCUT2D eigenvalue weighted by molar-refractivity contribution is 0.428. The third-order valence-corrected chi connectivity index (χ3v) is 3.31. The number of phenolic OH excluding ortho intramolecular Hbond substituents is 2. The van der Waals surface area contributed by atoms with Gasteiger partial charge in [-0.2, -0.15) is 0 Å². The number of benzene rings is 2. The van der Waals surface area contributed by atoms with Crippen LogP contribution < -0.4 is 0 Å². The molecule has 0 saturated carbocycles. The second-order valence-corrected chi connectivity index (χ2v) is 5.39. The molecule has 0 bridgehead atoms. The SMILES string of the molecule is CC(C)(Cc1ccc(O)cc1)c1ccc(O)c(F)c1. The van der Waals surface area contributed by atoms with E-state index in [0.29, 0.717) is 0 Å². The summed E-state index contributed by atoms with van der Waals surface area (Å²) in [5.74, 6) is -0.697. The molecule has 0 amide bonds. The van der Waals surface area contributed by atoms with Crippen LogP contribution in [0.1, 0.15) is 25.0 Å². The normalized spacial score (nSPS) is 11.5. The van der Waals surface area contributed by atoms with Crippen molar-refractivity contribution in [1.29, 1.82) is 0 Å². The zero-order chi connectivity index (χ0) is 14.0. The van der Waals surface area contributed by atoms with Crippen LogP contribution in [0.5, 0.6) is 11.5 Å². The summed E-state index contributed by atoms with van der Waals surface area (Å²) in [5, 5.41) is 18.5. The summed E-state index contributed by atoms with van der Waals surface area (Å²) in [7, 11) is 0. The fraction of sp³-hybridized carbons (Fsp3) is 0.250. The molecule has 0 aromatic heterocycles. The molecule has 0 saturated heterocycles. The molecule has 100 valence electrons. The van der Waals surface area contributed by atoms with Gasteiger partial charge in [0.2, 0.25) is 0 Å². The minimum Gasteiger partial charge on any atom is -0.508 e. The first-order valence-electron chi connectivity index (χ1n) is 6.15. The van der Waals surface area contributed by atoms with Crippen LogP contribution in [0.15, 0.2) is 42.5 Å². The first kappa shape index (κ1) is 13.4. The number of aromatic hydroxyl groups is 2. The van der Waals surface area contributed by atoms with E-state index < -0.39 is 5.82 Å². The molecule has 3 heteroatoms. The van der Waals surface area contributed by atoms with Gasteiger partial charge in [-0.15, -0.1) is 0 Å². The number of rotatable bonds is 3. The zero-order valence-corrected chi connectivity index (χ0v) is 11.0. The Kier molecular flexibility index (Phi) is 3.47. The second-order valence-electron chi connectivity index (χ2n) is 5.39. The van der Waals surface area contributed by atoms with Gasteiger partial charge in [-0.3, -0.25) is 0 Å². The van der Waals surface area contributed by atoms with E-state index in [0.717, 1.165) is 17.5 Å². The predicted octanol–water partition coefficient (Wildman–Crippen LogP) is 3.76. The van der Waals surface area contributed by atoms with Gasteiger partial charge in [0.15, 0.2) is 11.6 Å². The van der Waals surface area contributed by atoms with E-state index in [2.05, 4.69) is 0 Å². The van der Waals surface area contributed by atoms with Gasteiger partial charge >= 0.3 is 0 Å². The first-order valence-corrected chi connectivity index (χ1v) is 6.15. The average molecular weight is 260 g/mol. The molecule has 2 aromatic rings. The second kappa shape index (κ2) is 4.92. The topological polar surface area (TPSA) is 40.5 Å². The summed E-state index contributed by atoms with van der Waals surface area (Å²) in [6, 6.07) is 11.5. The highest BCUT2D eigenvalue weighted by Crippen LogP contribution is 2.30. The molecule has 0 fully saturated rings. The monoisotopic (exact) mass is 260 g/mol. The summed E-state index contributed by atoms with van der Waals surface area (Å²) in [5.41, 5.74) is 1.64. The molecule has 2 aromatic carbocycles. The Morgan fingerprint density at radius 2 is 1.63 bits per heavy atom. The van der Waals surface area contributed by atoms with Crippen molar-refractivity contribution in [2.24, 2.45) is 0 Å². The number of hydrogen-bond donors (Lipinski definition) is 2. The Balaban J connectivity index is 2.26. The highest BCUT2D eigenvalue weighted by Gasteiger charge is 2.22. The molecule has 0 radical (unpaired) electrons. The highest BCUT2D eigenvalue weighted by molar-refractivity contribution is 5.35. The van der Waals surface area contributed by atoms with E-state index in [1.54, 1.807) is 18.2 Å². The first-order chi connectivity index (χ1) is 8.88. The van der Waals surface area contributed by atoms with Crippen molar-refractivity contribution < 1.29 is 14.6 Å². The molecular weight excluding hydrogens is 243 g/mol. The van der Waals surface area contributed by atoms with E-state index >= 15 is 0 Å². The van der Waals surface area contributed by atoms with Gasteiger partial charge in [0.05, 0.1) is 0 Å². The van der Waals surface area contributed by atoms with Gasteiger partial charge in [-0.25, -0.2) is 4.39 Å². The molecule has 0 aliphatic rings. The quantitative estimate of drug-likeness (QED) is 0.882. The lowest BCUT2D eigenvalue weighted by atomic mass is 9.79. The molecule has 0 unspecified atom stereocenters. The zero-order valence-electron chi connectivity index (χ0n) is 11.0. The van der Waals surface area contributed by atoms with Crippen molar-refractivity contribution >= 4 is 0 Å². The van der Waals surface area contributed by atoms with Gasteiger partial charge in [-0.05, 0) is 47.2 Å². The summed E-state index contributed by atoms with van der Waals surface area (Å²) < 4.78 is 13.4. The van der Waals surface area contributed by atoms with Crippen LogP contribution in [0, 0.1) is 5.82 Å². The predicted molar refractivity (Wildman–Crippen MR) is 72.9 cm³/mol. The molecule has 2 rings (SSSR count). The molecule has 0 aliphatic carbocycles. The molecule has 19 heavy (non-hydrogen) atoms. The number of phenols is 2. The highest BCUT2D eigenvalue weighted by atomic mass is 19.1. The molecule has 2 N–H and O–H groups in total. The van der Waals surface area contributed by atoms with Crippen molar-refractivity contribution in [1.82, 2.24) is 0 Å². The van der Waals surface area contributed by atoms with E-state index in [1.165, 1.54) is 12.1 Å². The van der Waals surface area contributed by atoms with Crippen molar-refractivity contribution in [3.63, 3.8) is 0 Å². The molecule has 0 aliphatic heterocycles. The maximum absolute atomic E-state index is 13.4. The van der Waals surface area contributed by atoms with Crippen LogP contribution in [0.25, 0.3) is 0 Å². The maximum atomic E-state index is 13.4. The molecular formula is C16H17FO2. The molecule has 0 atom stereocenters. The summed E-state index contributed by atoms with van der Waals surface area (Å²) in [6.45, 7) is 4.04. The van der Waals surface area contributed by atoms with E-state index in [4.69, 9.17) is 0 Å². The van der Waals surface area contributed by atoms with Crippen LogP contribution in [0.2, 0.25) is 0 Å². The lowest BCUT2D eigenvalue weighted by Gasteiger charge is -2.25. The Labute approximate surface area is 112 Å². The summed E-state index contributed by atoms with van der Waals surface area (Å²) in [6.07, 6.45) is 0.720. The minimum absolute atomic E-state index is 0.234. The molecule has 2 nitrogen and oxygen atoms in total. The van der Waals surface area contributed by atoms with Crippen molar-refractivity contribution in [3.8, 4) is 11.5 Å². The molecule has 0 heterocycles. The Morgan fingerprint density at radius 1 is 1.00 bits per heavy atom. The fourth-order valence-corrected chi connectivity index (χ4v) is 2.15. The van der Waals surface area contributed by atoms with Gasteiger partial charge in [0.1, 0.15) is 5.75 Å². The number of hydrogen-bond acceptors (Lipinski definition) is 2. The minimum atomic E-state index is -0.601. The Morgan fingerprint density at radius 3 is 2.21 bits per heavy atom. The smallest absolute Gasteiger partial charge is 0.165 e. The van der Waals surface area contributed by atoms with Crippen LogP contribution >= 0.6 is 0 Å². The van der Waals surface area contributed by atoms with Crippen molar-refractivity contribution in [2.45, 2.75) is 25.7 Å². The van der Waals surface area contributed by atoms with Crippen LogP contribution in [0.3, 0.4) is 0 Å². The maximum Gasteiger partial charge on any atom is 0.165 e. The van der Waals surface area contributed by atoms with Crippen molar-refractivity contribution in [3.05, 3.63) is 59.4 Å². The van der Waals surface area contributed by atoms with E-state index in [9.17, 15) is 14.6 Å². The lowest BCUT2D eigenvalue weighted by Crippen LogP contribution is -2.20. The summed E-state index contributed by atoms with van der Waals surface area (Å²) in [4.78, 5) is 0. The average Bonchev–Trinajstić information content (AvgIpc) is 2.35. The van der Waals surface area contributed by atoms with Gasteiger partial charge in [-0.1, -0.05) is 32.0 Å². The number of halogens is 1. The van der Waals surface area contributed by atoms with Crippen LogP contribution in [0.4, 0.5) is 4.39 Å². The van der Waals surface area contributed by atoms with E-state index in [-0.39, 0.29) is 16.9 Å². The third kappa shape index (κ3) is 3.05. The summed E-state index contributed by atoms with van der Waals surface area (Å²) >= 11 is 0. The van der Waals surface area contributed by atoms with Gasteiger partial charge in [0.25, 0.3) is 0 Å². The Bertz CT molecular complexity index is 574. The largest absolute Gasteiger partial charge is 0.508 e. The van der Waals surface area contributed by atoms with Crippen LogP contribution in [-0.2, 0) is 11.8 Å².